The van der Waals surface area contributed by atoms with Crippen LogP contribution < -0.4 is 5.32 Å². The molecule has 1 saturated heterocycles. The number of urea groups is 1. The normalized spacial score (nSPS) is 30.0. The van der Waals surface area contributed by atoms with E-state index < -0.39 is 0 Å². The van der Waals surface area contributed by atoms with Crippen LogP contribution in [-0.2, 0) is 4.74 Å². The van der Waals surface area contributed by atoms with Gasteiger partial charge in [-0.25, -0.2) is 4.79 Å². The largest absolute Gasteiger partial charge is 0.372 e. The van der Waals surface area contributed by atoms with E-state index in [9.17, 15) is 4.79 Å². The molecule has 4 heteroatoms. The van der Waals surface area contributed by atoms with Gasteiger partial charge in [-0.1, -0.05) is 18.9 Å². The summed E-state index contributed by atoms with van der Waals surface area (Å²) in [6.45, 7) is 5.36. The van der Waals surface area contributed by atoms with Crippen molar-refractivity contribution in [3.63, 3.8) is 0 Å². The van der Waals surface area contributed by atoms with Crippen LogP contribution >= 0.6 is 0 Å². The van der Waals surface area contributed by atoms with Crippen molar-refractivity contribution in [1.29, 1.82) is 0 Å². The molecular weight excluding hydrogens is 228 g/mol. The standard InChI is InChI=1S/C14H24N2O2/c1-11-9-16(10-12(2)18-11)14(17)15-8-7-13-5-3-4-6-13/h7-8,11-13H,3-6,9-10H2,1-2H3,(H,15,17)/b8-7+. The molecule has 0 aromatic heterocycles. The lowest BCUT2D eigenvalue weighted by molar-refractivity contribution is -0.0541. The van der Waals surface area contributed by atoms with Crippen LogP contribution in [0.25, 0.3) is 0 Å². The van der Waals surface area contributed by atoms with Gasteiger partial charge in [-0.2, -0.15) is 0 Å². The van der Waals surface area contributed by atoms with Gasteiger partial charge in [0.15, 0.2) is 0 Å². The highest BCUT2D eigenvalue weighted by atomic mass is 16.5. The topological polar surface area (TPSA) is 41.6 Å². The summed E-state index contributed by atoms with van der Waals surface area (Å²) >= 11 is 0. The van der Waals surface area contributed by atoms with Crippen molar-refractivity contribution in [2.75, 3.05) is 13.1 Å². The Labute approximate surface area is 109 Å². The number of allylic oxidation sites excluding steroid dienone is 1. The van der Waals surface area contributed by atoms with Crippen LogP contribution in [-0.4, -0.2) is 36.2 Å². The SMILES string of the molecule is CC1CN(C(=O)N/C=C/C2CCCC2)CC(C)O1. The average Bonchev–Trinajstić information content (AvgIpc) is 2.80. The van der Waals surface area contributed by atoms with Crippen LogP contribution in [0.15, 0.2) is 12.3 Å². The molecule has 1 aliphatic carbocycles. The maximum atomic E-state index is 12.0. The van der Waals surface area contributed by atoms with Crippen molar-refractivity contribution in [1.82, 2.24) is 10.2 Å². The first-order chi connectivity index (χ1) is 8.65. The van der Waals surface area contributed by atoms with Crippen molar-refractivity contribution < 1.29 is 9.53 Å². The van der Waals surface area contributed by atoms with Gasteiger partial charge in [0.25, 0.3) is 0 Å². The predicted molar refractivity (Wildman–Crippen MR) is 71.2 cm³/mol. The molecule has 2 atom stereocenters. The highest BCUT2D eigenvalue weighted by Gasteiger charge is 2.25. The zero-order valence-electron chi connectivity index (χ0n) is 11.4. The van der Waals surface area contributed by atoms with Gasteiger partial charge < -0.3 is 15.0 Å². The quantitative estimate of drug-likeness (QED) is 0.820. The molecule has 0 aromatic carbocycles. The molecule has 2 fully saturated rings. The summed E-state index contributed by atoms with van der Waals surface area (Å²) < 4.78 is 5.61. The molecule has 2 rings (SSSR count). The highest BCUT2D eigenvalue weighted by Crippen LogP contribution is 2.25. The van der Waals surface area contributed by atoms with E-state index >= 15 is 0 Å². The van der Waals surface area contributed by atoms with Gasteiger partial charge in [-0.15, -0.1) is 0 Å². The number of carbonyl (C=O) groups excluding carboxylic acids is 1. The first-order valence-corrected chi connectivity index (χ1v) is 7.02. The molecule has 0 aromatic rings. The number of nitrogens with one attached hydrogen (secondary N) is 1. The number of ether oxygens (including phenoxy) is 1. The highest BCUT2D eigenvalue weighted by molar-refractivity contribution is 5.75. The van der Waals surface area contributed by atoms with Gasteiger partial charge in [-0.05, 0) is 32.6 Å². The third kappa shape index (κ3) is 3.73. The van der Waals surface area contributed by atoms with Crippen LogP contribution in [0, 0.1) is 5.92 Å². The van der Waals surface area contributed by atoms with Crippen LogP contribution in [0.2, 0.25) is 0 Å². The maximum Gasteiger partial charge on any atom is 0.321 e. The van der Waals surface area contributed by atoms with Gasteiger partial charge in [0, 0.05) is 19.3 Å². The van der Waals surface area contributed by atoms with E-state index in [0.29, 0.717) is 19.0 Å². The smallest absolute Gasteiger partial charge is 0.321 e. The molecule has 2 unspecified atom stereocenters. The molecule has 4 nitrogen and oxygen atoms in total. The number of amides is 2. The van der Waals surface area contributed by atoms with Crippen molar-refractivity contribution in [3.8, 4) is 0 Å². The van der Waals surface area contributed by atoms with Gasteiger partial charge >= 0.3 is 6.03 Å². The van der Waals surface area contributed by atoms with Gasteiger partial charge in [0.2, 0.25) is 0 Å². The zero-order valence-corrected chi connectivity index (χ0v) is 11.4. The molecule has 2 aliphatic rings. The Kier molecular flexibility index (Phi) is 4.64. The Balaban J connectivity index is 1.76. The third-order valence-corrected chi connectivity index (χ3v) is 3.68. The summed E-state index contributed by atoms with van der Waals surface area (Å²) in [6.07, 6.45) is 9.37. The summed E-state index contributed by atoms with van der Waals surface area (Å²) in [5.41, 5.74) is 0. The lowest BCUT2D eigenvalue weighted by Gasteiger charge is -2.34. The molecule has 1 N–H and O–H groups in total. The van der Waals surface area contributed by atoms with Crippen LogP contribution in [0.5, 0.6) is 0 Å². The van der Waals surface area contributed by atoms with Crippen molar-refractivity contribution >= 4 is 6.03 Å². The lowest BCUT2D eigenvalue weighted by atomic mass is 10.1. The number of hydrogen-bond acceptors (Lipinski definition) is 2. The monoisotopic (exact) mass is 252 g/mol. The zero-order chi connectivity index (χ0) is 13.0. The predicted octanol–water partition coefficient (Wildman–Crippen LogP) is 2.51. The van der Waals surface area contributed by atoms with E-state index in [4.69, 9.17) is 4.74 Å². The minimum Gasteiger partial charge on any atom is -0.372 e. The lowest BCUT2D eigenvalue weighted by Crippen LogP contribution is -2.50. The number of morpholine rings is 1. The minimum atomic E-state index is -0.00810. The van der Waals surface area contributed by atoms with Crippen LogP contribution in [0.3, 0.4) is 0 Å². The van der Waals surface area contributed by atoms with Crippen molar-refractivity contribution in [2.24, 2.45) is 5.92 Å². The van der Waals surface area contributed by atoms with Crippen molar-refractivity contribution in [2.45, 2.75) is 51.7 Å². The molecule has 18 heavy (non-hydrogen) atoms. The van der Waals surface area contributed by atoms with E-state index in [-0.39, 0.29) is 18.2 Å². The summed E-state index contributed by atoms with van der Waals surface area (Å²) in [5.74, 6) is 0.660. The molecule has 1 saturated carbocycles. The second-order valence-corrected chi connectivity index (χ2v) is 5.52. The number of rotatable bonds is 2. The molecule has 0 radical (unpaired) electrons. The summed E-state index contributed by atoms with van der Waals surface area (Å²) in [6, 6.07) is -0.00810. The second kappa shape index (κ2) is 6.23. The van der Waals surface area contributed by atoms with E-state index in [1.807, 2.05) is 24.9 Å². The number of nitrogens with zero attached hydrogens (tertiary/aromatic N) is 1. The molecule has 1 aliphatic heterocycles. The summed E-state index contributed by atoms with van der Waals surface area (Å²) in [4.78, 5) is 13.8. The van der Waals surface area contributed by atoms with Crippen molar-refractivity contribution in [3.05, 3.63) is 12.3 Å². The second-order valence-electron chi connectivity index (χ2n) is 5.52. The first-order valence-electron chi connectivity index (χ1n) is 7.02. The van der Waals surface area contributed by atoms with E-state index in [0.717, 1.165) is 0 Å². The Morgan fingerprint density at radius 1 is 1.22 bits per heavy atom. The Bertz CT molecular complexity index is 301. The molecule has 2 amide bonds. The van der Waals surface area contributed by atoms with Gasteiger partial charge in [0.1, 0.15) is 0 Å². The van der Waals surface area contributed by atoms with Gasteiger partial charge in [0.05, 0.1) is 12.2 Å². The Hall–Kier alpha value is -1.03. The summed E-state index contributed by atoms with van der Waals surface area (Å²) in [5, 5.41) is 2.87. The first kappa shape index (κ1) is 13.4. The van der Waals surface area contributed by atoms with E-state index in [1.165, 1.54) is 25.7 Å². The summed E-state index contributed by atoms with van der Waals surface area (Å²) in [7, 11) is 0. The molecule has 102 valence electrons. The van der Waals surface area contributed by atoms with E-state index in [2.05, 4.69) is 11.4 Å². The van der Waals surface area contributed by atoms with Crippen LogP contribution in [0.4, 0.5) is 4.79 Å². The molecular formula is C14H24N2O2. The number of hydrogen-bond donors (Lipinski definition) is 1. The Morgan fingerprint density at radius 2 is 1.83 bits per heavy atom. The fourth-order valence-corrected chi connectivity index (χ4v) is 2.84. The number of carbonyl (C=O) groups is 1. The fraction of sp³-hybridized carbons (Fsp3) is 0.786. The molecule has 0 bridgehead atoms. The third-order valence-electron chi connectivity index (χ3n) is 3.68. The van der Waals surface area contributed by atoms with Gasteiger partial charge in [-0.3, -0.25) is 0 Å². The van der Waals surface area contributed by atoms with Crippen LogP contribution in [0.1, 0.15) is 39.5 Å². The van der Waals surface area contributed by atoms with E-state index in [1.54, 1.807) is 0 Å². The minimum absolute atomic E-state index is 0.00810. The maximum absolute atomic E-state index is 12.0. The Morgan fingerprint density at radius 3 is 2.44 bits per heavy atom. The fourth-order valence-electron chi connectivity index (χ4n) is 2.84. The average molecular weight is 252 g/mol. The molecule has 1 heterocycles. The molecule has 0 spiro atoms.